The van der Waals surface area contributed by atoms with Crippen LogP contribution in [-0.4, -0.2) is 35.5 Å². The molecule has 1 fully saturated rings. The van der Waals surface area contributed by atoms with E-state index in [0.29, 0.717) is 23.8 Å². The summed E-state index contributed by atoms with van der Waals surface area (Å²) in [5, 5.41) is 9.81. The van der Waals surface area contributed by atoms with Crippen LogP contribution in [0.25, 0.3) is 0 Å². The van der Waals surface area contributed by atoms with Gasteiger partial charge in [0.1, 0.15) is 11.6 Å². The van der Waals surface area contributed by atoms with Crippen LogP contribution >= 0.6 is 0 Å². The number of anilines is 4. The number of amides is 1. The number of nitrogens with zero attached hydrogens (tertiary/aromatic N) is 3. The van der Waals surface area contributed by atoms with E-state index in [9.17, 15) is 4.79 Å². The van der Waals surface area contributed by atoms with Gasteiger partial charge in [0.05, 0.1) is 5.56 Å². The maximum Gasteiger partial charge on any atom is 0.259 e. The molecule has 1 amide bonds. The highest BCUT2D eigenvalue weighted by Crippen LogP contribution is 2.33. The quantitative estimate of drug-likeness (QED) is 0.506. The zero-order valence-electron chi connectivity index (χ0n) is 19.0. The van der Waals surface area contributed by atoms with Crippen molar-refractivity contribution in [1.82, 2.24) is 9.97 Å². The number of aromatic nitrogens is 2. The molecule has 1 atom stereocenters. The van der Waals surface area contributed by atoms with Crippen molar-refractivity contribution in [3.8, 4) is 0 Å². The van der Waals surface area contributed by atoms with Crippen LogP contribution in [-0.2, 0) is 6.54 Å². The van der Waals surface area contributed by atoms with Gasteiger partial charge in [-0.25, -0.2) is 9.97 Å². The van der Waals surface area contributed by atoms with E-state index in [1.54, 1.807) is 18.3 Å². The molecule has 0 radical (unpaired) electrons. The first kappa shape index (κ1) is 21.2. The van der Waals surface area contributed by atoms with Crippen molar-refractivity contribution >= 4 is 28.9 Å². The Kier molecular flexibility index (Phi) is 6.11. The lowest BCUT2D eigenvalue weighted by molar-refractivity contribution is 0.102. The summed E-state index contributed by atoms with van der Waals surface area (Å²) in [6.07, 6.45) is 7.11. The van der Waals surface area contributed by atoms with Gasteiger partial charge in [-0.1, -0.05) is 13.0 Å². The van der Waals surface area contributed by atoms with Gasteiger partial charge in [0, 0.05) is 49.9 Å². The first-order valence-electron chi connectivity index (χ1n) is 11.8. The number of rotatable bonds is 6. The molecule has 0 bridgehead atoms. The highest BCUT2D eigenvalue weighted by Gasteiger charge is 2.18. The van der Waals surface area contributed by atoms with Crippen molar-refractivity contribution < 1.29 is 4.79 Å². The van der Waals surface area contributed by atoms with Crippen molar-refractivity contribution in [2.24, 2.45) is 0 Å². The molecule has 7 heteroatoms. The fourth-order valence-electron chi connectivity index (χ4n) is 4.60. The number of hydrogen-bond donors (Lipinski definition) is 3. The highest BCUT2D eigenvalue weighted by molar-refractivity contribution is 6.07. The predicted molar refractivity (Wildman–Crippen MR) is 133 cm³/mol. The van der Waals surface area contributed by atoms with Crippen LogP contribution in [0.5, 0.6) is 0 Å². The molecule has 5 rings (SSSR count). The molecule has 2 aliphatic rings. The molecule has 2 aromatic heterocycles. The number of hydrogen-bond acceptors (Lipinski definition) is 6. The van der Waals surface area contributed by atoms with Gasteiger partial charge in [0.15, 0.2) is 0 Å². The highest BCUT2D eigenvalue weighted by atomic mass is 16.1. The van der Waals surface area contributed by atoms with Gasteiger partial charge in [-0.15, -0.1) is 0 Å². The van der Waals surface area contributed by atoms with Crippen molar-refractivity contribution in [2.75, 3.05) is 40.5 Å². The van der Waals surface area contributed by atoms with Crippen LogP contribution in [0.3, 0.4) is 0 Å². The fraction of sp³-hybridized carbons (Fsp3) is 0.346. The van der Waals surface area contributed by atoms with E-state index in [4.69, 9.17) is 0 Å². The third kappa shape index (κ3) is 4.77. The van der Waals surface area contributed by atoms with Crippen LogP contribution in [0.15, 0.2) is 54.9 Å². The Morgan fingerprint density at radius 3 is 2.88 bits per heavy atom. The molecule has 33 heavy (non-hydrogen) atoms. The van der Waals surface area contributed by atoms with Crippen LogP contribution in [0.4, 0.5) is 23.0 Å². The molecule has 3 N–H and O–H groups in total. The first-order valence-corrected chi connectivity index (χ1v) is 11.8. The molecule has 2 aliphatic heterocycles. The summed E-state index contributed by atoms with van der Waals surface area (Å²) in [6.45, 7) is 5.89. The van der Waals surface area contributed by atoms with Gasteiger partial charge in [0.2, 0.25) is 0 Å². The number of carbonyl (C=O) groups excluding carboxylic acids is 1. The minimum absolute atomic E-state index is 0.179. The van der Waals surface area contributed by atoms with Crippen LogP contribution < -0.4 is 20.9 Å². The Morgan fingerprint density at radius 2 is 2.00 bits per heavy atom. The Hall–Kier alpha value is -3.61. The molecule has 1 unspecified atom stereocenters. The lowest BCUT2D eigenvalue weighted by atomic mass is 9.92. The van der Waals surface area contributed by atoms with E-state index in [0.717, 1.165) is 48.8 Å². The minimum atomic E-state index is -0.179. The molecular formula is C26H30N6O. The van der Waals surface area contributed by atoms with Crippen molar-refractivity contribution in [3.63, 3.8) is 0 Å². The zero-order chi connectivity index (χ0) is 22.6. The molecule has 170 valence electrons. The molecule has 3 aromatic rings. The molecule has 0 saturated carbocycles. The van der Waals surface area contributed by atoms with Gasteiger partial charge in [-0.2, -0.15) is 0 Å². The van der Waals surface area contributed by atoms with E-state index in [1.165, 1.54) is 18.4 Å². The Labute approximate surface area is 194 Å². The molecule has 0 spiro atoms. The van der Waals surface area contributed by atoms with E-state index in [1.807, 2.05) is 24.4 Å². The number of benzene rings is 1. The topological polar surface area (TPSA) is 82.2 Å². The fourth-order valence-corrected chi connectivity index (χ4v) is 4.60. The number of nitrogens with one attached hydrogen (secondary N) is 3. The number of fused-ring (bicyclic) bond motifs is 1. The second-order valence-corrected chi connectivity index (χ2v) is 8.84. The molecule has 1 aromatic carbocycles. The average Bonchev–Trinajstić information content (AvgIpc) is 3.38. The summed E-state index contributed by atoms with van der Waals surface area (Å²) >= 11 is 0. The maximum absolute atomic E-state index is 13.1. The van der Waals surface area contributed by atoms with Crippen LogP contribution in [0.1, 0.15) is 53.6 Å². The van der Waals surface area contributed by atoms with Gasteiger partial charge >= 0.3 is 0 Å². The Balaban J connectivity index is 1.28. The van der Waals surface area contributed by atoms with E-state index >= 15 is 0 Å². The number of carbonyl (C=O) groups is 1. The van der Waals surface area contributed by atoms with Gasteiger partial charge < -0.3 is 20.9 Å². The summed E-state index contributed by atoms with van der Waals surface area (Å²) in [4.78, 5) is 24.3. The standard InChI is InChI=1S/C26H30N6O/c1-18-8-11-27-23-16-20(6-7-21(18)23)31-26(33)22-5-4-10-29-25(22)30-17-19-9-12-28-24(15-19)32-13-2-3-14-32/h4-7,9-10,12,15-16,18,27H,2-3,8,11,13-14,17H2,1H3,(H,29,30)(H,31,33). The summed E-state index contributed by atoms with van der Waals surface area (Å²) < 4.78 is 0. The maximum atomic E-state index is 13.1. The van der Waals surface area contributed by atoms with E-state index in [-0.39, 0.29) is 5.91 Å². The van der Waals surface area contributed by atoms with Crippen LogP contribution in [0.2, 0.25) is 0 Å². The first-order chi connectivity index (χ1) is 16.2. The predicted octanol–water partition coefficient (Wildman–Crippen LogP) is 4.86. The summed E-state index contributed by atoms with van der Waals surface area (Å²) in [7, 11) is 0. The van der Waals surface area contributed by atoms with Crippen LogP contribution in [0, 0.1) is 0 Å². The Morgan fingerprint density at radius 1 is 1.12 bits per heavy atom. The molecule has 1 saturated heterocycles. The van der Waals surface area contributed by atoms with Gasteiger partial charge in [-0.3, -0.25) is 4.79 Å². The smallest absolute Gasteiger partial charge is 0.259 e. The molecular weight excluding hydrogens is 412 g/mol. The van der Waals surface area contributed by atoms with Gasteiger partial charge in [-0.05, 0) is 72.7 Å². The largest absolute Gasteiger partial charge is 0.385 e. The zero-order valence-corrected chi connectivity index (χ0v) is 19.0. The molecule has 0 aliphatic carbocycles. The SMILES string of the molecule is CC1CCNc2cc(NC(=O)c3cccnc3NCc3ccnc(N4CCCC4)c3)ccc21. The normalized spacial score (nSPS) is 17.2. The summed E-state index contributed by atoms with van der Waals surface area (Å²) in [6, 6.07) is 13.8. The average molecular weight is 443 g/mol. The van der Waals surface area contributed by atoms with Gasteiger partial charge in [0.25, 0.3) is 5.91 Å². The van der Waals surface area contributed by atoms with Crippen molar-refractivity contribution in [1.29, 1.82) is 0 Å². The number of pyridine rings is 2. The third-order valence-corrected chi connectivity index (χ3v) is 6.49. The minimum Gasteiger partial charge on any atom is -0.385 e. The summed E-state index contributed by atoms with van der Waals surface area (Å²) in [5.41, 5.74) is 4.81. The van der Waals surface area contributed by atoms with Crippen molar-refractivity contribution in [3.05, 3.63) is 71.5 Å². The lowest BCUT2D eigenvalue weighted by Gasteiger charge is -2.24. The molecule has 4 heterocycles. The van der Waals surface area contributed by atoms with E-state index < -0.39 is 0 Å². The lowest BCUT2D eigenvalue weighted by Crippen LogP contribution is -2.19. The second kappa shape index (κ2) is 9.48. The van der Waals surface area contributed by atoms with Crippen molar-refractivity contribution in [2.45, 2.75) is 38.6 Å². The van der Waals surface area contributed by atoms with E-state index in [2.05, 4.69) is 49.9 Å². The third-order valence-electron chi connectivity index (χ3n) is 6.49. The molecule has 7 nitrogen and oxygen atoms in total. The summed E-state index contributed by atoms with van der Waals surface area (Å²) in [5.74, 6) is 1.93. The Bertz CT molecular complexity index is 1140. The monoisotopic (exact) mass is 442 g/mol. The second-order valence-electron chi connectivity index (χ2n) is 8.84.